The lowest BCUT2D eigenvalue weighted by Gasteiger charge is -2.38. The number of anilines is 1. The van der Waals surface area contributed by atoms with Crippen LogP contribution in [0.1, 0.15) is 24.0 Å². The van der Waals surface area contributed by atoms with Crippen LogP contribution in [0, 0.1) is 12.8 Å². The molecule has 0 aromatic heterocycles. The number of nitrogens with one attached hydrogen (secondary N) is 1. The molecule has 3 aliphatic rings. The average Bonchev–Trinajstić information content (AvgIpc) is 3.50. The van der Waals surface area contributed by atoms with Crippen LogP contribution in [0.5, 0.6) is 0 Å². The van der Waals surface area contributed by atoms with E-state index in [1.165, 1.54) is 4.90 Å². The van der Waals surface area contributed by atoms with Crippen molar-refractivity contribution in [1.82, 2.24) is 5.32 Å². The van der Waals surface area contributed by atoms with Crippen molar-refractivity contribution >= 4 is 34.9 Å². The number of nitrogens with zero attached hydrogens (tertiary/aromatic N) is 1. The number of amides is 1. The maximum atomic E-state index is 13.9. The largest absolute Gasteiger partial charge is 0.465 e. The first-order chi connectivity index (χ1) is 16.9. The smallest absolute Gasteiger partial charge is 0.323 e. The number of ketones is 1. The number of carbonyl (C=O) groups excluding carboxylic acids is 3. The van der Waals surface area contributed by atoms with Gasteiger partial charge in [0.15, 0.2) is 11.4 Å². The number of piperidine rings is 1. The molecule has 3 aliphatic heterocycles. The Morgan fingerprint density at radius 3 is 2.34 bits per heavy atom. The molecule has 0 spiro atoms. The second-order valence-corrected chi connectivity index (χ2v) is 9.12. The topological polar surface area (TPSA) is 94.2 Å². The molecule has 35 heavy (non-hydrogen) atoms. The van der Waals surface area contributed by atoms with Crippen molar-refractivity contribution < 1.29 is 28.6 Å². The van der Waals surface area contributed by atoms with Crippen molar-refractivity contribution in [2.24, 2.45) is 5.92 Å². The van der Waals surface area contributed by atoms with E-state index in [0.717, 1.165) is 11.1 Å². The third-order valence-electron chi connectivity index (χ3n) is 6.56. The number of ether oxygens (including phenoxy) is 3. The number of halogens is 1. The summed E-state index contributed by atoms with van der Waals surface area (Å²) in [7, 11) is 0. The minimum Gasteiger partial charge on any atom is -0.465 e. The first kappa shape index (κ1) is 23.4. The Morgan fingerprint density at radius 2 is 1.71 bits per heavy atom. The monoisotopic (exact) mass is 496 g/mol. The van der Waals surface area contributed by atoms with E-state index in [2.05, 4.69) is 5.32 Å². The van der Waals surface area contributed by atoms with Gasteiger partial charge in [-0.15, -0.1) is 0 Å². The van der Waals surface area contributed by atoms with Crippen molar-refractivity contribution in [3.8, 4) is 0 Å². The molecule has 0 bridgehead atoms. The Labute approximate surface area is 207 Å². The van der Waals surface area contributed by atoms with E-state index >= 15 is 0 Å². The first-order valence-electron chi connectivity index (χ1n) is 11.5. The zero-order valence-electron chi connectivity index (χ0n) is 19.3. The third-order valence-corrected chi connectivity index (χ3v) is 6.81. The zero-order valence-corrected chi connectivity index (χ0v) is 20.1. The van der Waals surface area contributed by atoms with Crippen molar-refractivity contribution in [2.45, 2.75) is 32.0 Å². The predicted octanol–water partition coefficient (Wildman–Crippen LogP) is 3.08. The highest BCUT2D eigenvalue weighted by atomic mass is 35.5. The SMILES string of the molecule is CCOC(=O)C1N[C@H]2[C@H](C(=O)C(=C3OCCO3)C(=O)N2c2ccc(C)cc2)[C@H]1c1ccc(Cl)cc1. The van der Waals surface area contributed by atoms with Crippen LogP contribution in [0.3, 0.4) is 0 Å². The van der Waals surface area contributed by atoms with Gasteiger partial charge in [-0.3, -0.25) is 24.6 Å². The fourth-order valence-electron chi connectivity index (χ4n) is 5.01. The van der Waals surface area contributed by atoms with Crippen LogP contribution in [0.2, 0.25) is 5.02 Å². The Hall–Kier alpha value is -3.36. The quantitative estimate of drug-likeness (QED) is 0.395. The van der Waals surface area contributed by atoms with Crippen LogP contribution < -0.4 is 10.2 Å². The number of hydrogen-bond acceptors (Lipinski definition) is 7. The number of benzene rings is 2. The minimum absolute atomic E-state index is 0.0648. The highest BCUT2D eigenvalue weighted by molar-refractivity contribution is 6.30. The van der Waals surface area contributed by atoms with Crippen molar-refractivity contribution in [2.75, 3.05) is 24.7 Å². The number of rotatable bonds is 4. The van der Waals surface area contributed by atoms with Crippen LogP contribution in [-0.4, -0.2) is 49.7 Å². The van der Waals surface area contributed by atoms with Gasteiger partial charge >= 0.3 is 5.97 Å². The van der Waals surface area contributed by atoms with E-state index in [-0.39, 0.29) is 31.3 Å². The van der Waals surface area contributed by atoms with Gasteiger partial charge in [0.25, 0.3) is 11.9 Å². The summed E-state index contributed by atoms with van der Waals surface area (Å²) < 4.78 is 16.4. The fraction of sp³-hybridized carbons (Fsp3) is 0.346. The molecule has 1 N–H and O–H groups in total. The first-order valence-corrected chi connectivity index (χ1v) is 11.9. The van der Waals surface area contributed by atoms with Crippen molar-refractivity contribution in [3.05, 3.63) is 76.2 Å². The molecule has 4 atom stereocenters. The van der Waals surface area contributed by atoms with Gasteiger partial charge in [-0.25, -0.2) is 0 Å². The van der Waals surface area contributed by atoms with Crippen LogP contribution in [-0.2, 0) is 28.6 Å². The zero-order chi connectivity index (χ0) is 24.7. The van der Waals surface area contributed by atoms with E-state index in [9.17, 15) is 14.4 Å². The molecule has 3 fully saturated rings. The van der Waals surface area contributed by atoms with E-state index in [1.54, 1.807) is 31.2 Å². The maximum absolute atomic E-state index is 13.9. The van der Waals surface area contributed by atoms with Gasteiger partial charge in [0, 0.05) is 16.6 Å². The molecule has 1 amide bonds. The molecule has 5 rings (SSSR count). The number of Topliss-reactive ketones (excluding diaryl/α,β-unsaturated/α-hetero) is 1. The lowest BCUT2D eigenvalue weighted by Crippen LogP contribution is -2.58. The van der Waals surface area contributed by atoms with Gasteiger partial charge in [-0.2, -0.15) is 0 Å². The molecule has 0 radical (unpaired) electrons. The highest BCUT2D eigenvalue weighted by Gasteiger charge is 2.59. The van der Waals surface area contributed by atoms with Gasteiger partial charge in [0.2, 0.25) is 0 Å². The molecular formula is C26H25ClN2O6. The summed E-state index contributed by atoms with van der Waals surface area (Å²) in [5.74, 6) is -2.93. The molecule has 3 saturated heterocycles. The van der Waals surface area contributed by atoms with Gasteiger partial charge in [-0.1, -0.05) is 41.4 Å². The van der Waals surface area contributed by atoms with E-state index in [1.807, 2.05) is 31.2 Å². The van der Waals surface area contributed by atoms with Gasteiger partial charge in [0.05, 0.1) is 18.7 Å². The summed E-state index contributed by atoms with van der Waals surface area (Å²) >= 11 is 6.11. The molecule has 9 heteroatoms. The lowest BCUT2D eigenvalue weighted by atomic mass is 9.76. The summed E-state index contributed by atoms with van der Waals surface area (Å²) in [4.78, 5) is 42.3. The highest BCUT2D eigenvalue weighted by Crippen LogP contribution is 2.45. The third kappa shape index (κ3) is 4.06. The summed E-state index contributed by atoms with van der Waals surface area (Å²) in [6.45, 7) is 4.36. The molecule has 1 unspecified atom stereocenters. The Bertz CT molecular complexity index is 1190. The Morgan fingerprint density at radius 1 is 1.06 bits per heavy atom. The van der Waals surface area contributed by atoms with Crippen LogP contribution in [0.4, 0.5) is 5.69 Å². The molecule has 0 saturated carbocycles. The van der Waals surface area contributed by atoms with E-state index in [0.29, 0.717) is 10.7 Å². The molecule has 2 aromatic carbocycles. The molecule has 0 aliphatic carbocycles. The van der Waals surface area contributed by atoms with Crippen LogP contribution in [0.15, 0.2) is 60.0 Å². The van der Waals surface area contributed by atoms with Gasteiger partial charge < -0.3 is 14.2 Å². The number of fused-ring (bicyclic) bond motifs is 1. The van der Waals surface area contributed by atoms with Crippen molar-refractivity contribution in [3.63, 3.8) is 0 Å². The Kier molecular flexibility index (Phi) is 6.25. The minimum atomic E-state index is -0.856. The van der Waals surface area contributed by atoms with E-state index < -0.39 is 41.7 Å². The lowest BCUT2D eigenvalue weighted by molar-refractivity contribution is -0.145. The van der Waals surface area contributed by atoms with Crippen molar-refractivity contribution in [1.29, 1.82) is 0 Å². The number of hydrogen-bond donors (Lipinski definition) is 1. The molecule has 182 valence electrons. The van der Waals surface area contributed by atoms with Crippen LogP contribution in [0.25, 0.3) is 0 Å². The summed E-state index contributed by atoms with van der Waals surface area (Å²) in [5.41, 5.74) is 2.20. The van der Waals surface area contributed by atoms with Gasteiger partial charge in [-0.05, 0) is 43.7 Å². The number of aryl methyl sites for hydroxylation is 1. The molecule has 2 aromatic rings. The predicted molar refractivity (Wildman–Crippen MR) is 128 cm³/mol. The second kappa shape index (κ2) is 9.36. The van der Waals surface area contributed by atoms with Gasteiger partial charge in [0.1, 0.15) is 19.3 Å². The van der Waals surface area contributed by atoms with E-state index in [4.69, 9.17) is 25.8 Å². The molecule has 3 heterocycles. The second-order valence-electron chi connectivity index (χ2n) is 8.68. The molecular weight excluding hydrogens is 472 g/mol. The molecule has 8 nitrogen and oxygen atoms in total. The standard InChI is InChI=1S/C26H25ClN2O6/c1-3-33-25(32)21-18(15-6-8-16(27)9-7-15)19-22(30)20(26-34-12-13-35-26)24(31)29(23(19)28-21)17-10-4-14(2)5-11-17/h4-11,18-19,21,23,28H,3,12-13H2,1-2H3/t18-,19+,21?,23-/m1/s1. The summed E-state index contributed by atoms with van der Waals surface area (Å²) in [5, 5.41) is 3.78. The normalized spacial score (nSPS) is 25.9. The maximum Gasteiger partial charge on any atom is 0.323 e. The summed E-state index contributed by atoms with van der Waals surface area (Å²) in [6.07, 6.45) is -0.779. The number of esters is 1. The number of carbonyl (C=O) groups is 3. The average molecular weight is 497 g/mol. The fourth-order valence-corrected chi connectivity index (χ4v) is 5.14. The van der Waals surface area contributed by atoms with Crippen LogP contribution >= 0.6 is 11.6 Å². The Balaban J connectivity index is 1.68. The summed E-state index contributed by atoms with van der Waals surface area (Å²) in [6, 6.07) is 13.6.